The van der Waals surface area contributed by atoms with Crippen LogP contribution in [0.5, 0.6) is 0 Å². The second-order valence-corrected chi connectivity index (χ2v) is 6.44. The van der Waals surface area contributed by atoms with E-state index in [2.05, 4.69) is 21.7 Å². The monoisotopic (exact) mass is 471 g/mol. The number of rotatable bonds is 7. The Morgan fingerprint density at radius 3 is 2.52 bits per heavy atom. The normalized spacial score (nSPS) is 11.2. The summed E-state index contributed by atoms with van der Waals surface area (Å²) in [6, 6.07) is 11.9. The van der Waals surface area contributed by atoms with Gasteiger partial charge in [0.15, 0.2) is 5.96 Å². The molecule has 0 atom stereocenters. The van der Waals surface area contributed by atoms with Crippen molar-refractivity contribution in [1.29, 1.82) is 0 Å². The molecule has 3 aromatic rings. The molecule has 0 unspecified atom stereocenters. The largest absolute Gasteiger partial charge is 0.469 e. The van der Waals surface area contributed by atoms with Crippen LogP contribution in [0.3, 0.4) is 0 Å². The highest BCUT2D eigenvalue weighted by Gasteiger charge is 2.09. The molecular formula is C18H22IN3O2S. The first kappa shape index (κ1) is 19.6. The van der Waals surface area contributed by atoms with Crippen LogP contribution in [0.15, 0.2) is 68.1 Å². The van der Waals surface area contributed by atoms with Gasteiger partial charge in [0.05, 0.1) is 25.6 Å². The summed E-state index contributed by atoms with van der Waals surface area (Å²) in [6.45, 7) is 2.10. The smallest absolute Gasteiger partial charge is 0.194 e. The van der Waals surface area contributed by atoms with Crippen molar-refractivity contribution in [3.63, 3.8) is 0 Å². The fourth-order valence-corrected chi connectivity index (χ4v) is 2.96. The molecule has 3 aromatic heterocycles. The standard InChI is InChI=1S/C18H21N3O2S.HI/c1-21(14-16-6-3-11-23-16)18(20-13-17-7-4-12-24-17)19-9-8-15-5-2-10-22-15;/h2-7,10-12H,8-9,13-14H2,1H3,(H,19,20);1H. The minimum Gasteiger partial charge on any atom is -0.469 e. The zero-order chi connectivity index (χ0) is 16.6. The van der Waals surface area contributed by atoms with E-state index in [0.717, 1.165) is 30.4 Å². The molecule has 7 heteroatoms. The van der Waals surface area contributed by atoms with E-state index in [1.807, 2.05) is 37.4 Å². The van der Waals surface area contributed by atoms with Crippen LogP contribution in [-0.4, -0.2) is 24.5 Å². The molecule has 0 aliphatic heterocycles. The number of aliphatic imine (C=N–C) groups is 1. The van der Waals surface area contributed by atoms with Gasteiger partial charge in [-0.05, 0) is 35.7 Å². The molecule has 0 radical (unpaired) electrons. The second kappa shape index (κ2) is 10.3. The number of furan rings is 2. The fraction of sp³-hybridized carbons (Fsp3) is 0.278. The Morgan fingerprint density at radius 1 is 1.12 bits per heavy atom. The molecule has 0 aromatic carbocycles. The predicted octanol–water partition coefficient (Wildman–Crippen LogP) is 4.37. The maximum absolute atomic E-state index is 5.43. The summed E-state index contributed by atoms with van der Waals surface area (Å²) < 4.78 is 10.8. The molecule has 0 aliphatic rings. The molecule has 1 N–H and O–H groups in total. The summed E-state index contributed by atoms with van der Waals surface area (Å²) in [5.74, 6) is 2.73. The zero-order valence-electron chi connectivity index (χ0n) is 14.1. The van der Waals surface area contributed by atoms with Gasteiger partial charge in [0.25, 0.3) is 0 Å². The number of hydrogen-bond donors (Lipinski definition) is 1. The zero-order valence-corrected chi connectivity index (χ0v) is 17.2. The predicted molar refractivity (Wildman–Crippen MR) is 111 cm³/mol. The summed E-state index contributed by atoms with van der Waals surface area (Å²) in [4.78, 5) is 8.04. The summed E-state index contributed by atoms with van der Waals surface area (Å²) in [7, 11) is 2.01. The molecule has 134 valence electrons. The third-order valence-corrected chi connectivity index (χ3v) is 4.40. The molecule has 25 heavy (non-hydrogen) atoms. The average Bonchev–Trinajstić information content (AvgIpc) is 3.32. The summed E-state index contributed by atoms with van der Waals surface area (Å²) >= 11 is 1.72. The van der Waals surface area contributed by atoms with E-state index in [4.69, 9.17) is 13.8 Å². The van der Waals surface area contributed by atoms with E-state index < -0.39 is 0 Å². The molecular weight excluding hydrogens is 449 g/mol. The Hall–Kier alpha value is -1.74. The third kappa shape index (κ3) is 6.24. The van der Waals surface area contributed by atoms with Crippen LogP contribution in [0, 0.1) is 0 Å². The van der Waals surface area contributed by atoms with Crippen LogP contribution in [0.2, 0.25) is 0 Å². The summed E-state index contributed by atoms with van der Waals surface area (Å²) in [6.07, 6.45) is 4.21. The van der Waals surface area contributed by atoms with Crippen molar-refractivity contribution in [2.45, 2.75) is 19.5 Å². The molecule has 3 heterocycles. The van der Waals surface area contributed by atoms with Gasteiger partial charge in [-0.2, -0.15) is 0 Å². The fourth-order valence-electron chi connectivity index (χ4n) is 2.33. The van der Waals surface area contributed by atoms with Gasteiger partial charge in [0.2, 0.25) is 0 Å². The SMILES string of the molecule is CN(Cc1ccco1)C(=NCc1cccs1)NCCc1ccco1.I. The number of guanidine groups is 1. The van der Waals surface area contributed by atoms with Gasteiger partial charge in [-0.1, -0.05) is 6.07 Å². The highest BCUT2D eigenvalue weighted by molar-refractivity contribution is 14.0. The van der Waals surface area contributed by atoms with E-state index in [9.17, 15) is 0 Å². The van der Waals surface area contributed by atoms with Crippen molar-refractivity contribution in [1.82, 2.24) is 10.2 Å². The van der Waals surface area contributed by atoms with Crippen molar-refractivity contribution < 1.29 is 8.83 Å². The highest BCUT2D eigenvalue weighted by atomic mass is 127. The Morgan fingerprint density at radius 2 is 1.88 bits per heavy atom. The molecule has 0 bridgehead atoms. The number of nitrogens with one attached hydrogen (secondary N) is 1. The summed E-state index contributed by atoms with van der Waals surface area (Å²) in [5.41, 5.74) is 0. The van der Waals surface area contributed by atoms with Gasteiger partial charge in [-0.3, -0.25) is 0 Å². The number of thiophene rings is 1. The van der Waals surface area contributed by atoms with Crippen molar-refractivity contribution >= 4 is 41.3 Å². The summed E-state index contributed by atoms with van der Waals surface area (Å²) in [5, 5.41) is 5.48. The van der Waals surface area contributed by atoms with Gasteiger partial charge in [0, 0.05) is 24.9 Å². The minimum atomic E-state index is 0. The van der Waals surface area contributed by atoms with E-state index in [0.29, 0.717) is 13.1 Å². The highest BCUT2D eigenvalue weighted by Crippen LogP contribution is 2.10. The maximum Gasteiger partial charge on any atom is 0.194 e. The van der Waals surface area contributed by atoms with Crippen LogP contribution in [0.4, 0.5) is 0 Å². The van der Waals surface area contributed by atoms with Crippen LogP contribution < -0.4 is 5.32 Å². The van der Waals surface area contributed by atoms with Crippen molar-refractivity contribution in [2.24, 2.45) is 4.99 Å². The van der Waals surface area contributed by atoms with E-state index in [1.165, 1.54) is 4.88 Å². The number of halogens is 1. The van der Waals surface area contributed by atoms with Gasteiger partial charge in [-0.25, -0.2) is 4.99 Å². The van der Waals surface area contributed by atoms with Crippen LogP contribution in [0.25, 0.3) is 0 Å². The molecule has 0 amide bonds. The Kier molecular flexibility index (Phi) is 8.07. The van der Waals surface area contributed by atoms with Gasteiger partial charge in [-0.15, -0.1) is 35.3 Å². The first-order chi connectivity index (χ1) is 11.8. The molecule has 0 saturated heterocycles. The molecule has 0 aliphatic carbocycles. The first-order valence-electron chi connectivity index (χ1n) is 7.88. The third-order valence-electron chi connectivity index (χ3n) is 3.53. The minimum absolute atomic E-state index is 0. The van der Waals surface area contributed by atoms with Gasteiger partial charge >= 0.3 is 0 Å². The van der Waals surface area contributed by atoms with E-state index in [1.54, 1.807) is 23.9 Å². The van der Waals surface area contributed by atoms with E-state index in [-0.39, 0.29) is 24.0 Å². The van der Waals surface area contributed by atoms with Gasteiger partial charge in [0.1, 0.15) is 11.5 Å². The first-order valence-corrected chi connectivity index (χ1v) is 8.76. The lowest BCUT2D eigenvalue weighted by Crippen LogP contribution is -2.39. The molecule has 3 rings (SSSR count). The lowest BCUT2D eigenvalue weighted by atomic mass is 10.3. The lowest BCUT2D eigenvalue weighted by Gasteiger charge is -2.21. The van der Waals surface area contributed by atoms with Crippen LogP contribution in [0.1, 0.15) is 16.4 Å². The quantitative estimate of drug-likeness (QED) is 0.316. The second-order valence-electron chi connectivity index (χ2n) is 5.41. The van der Waals surface area contributed by atoms with Crippen LogP contribution >= 0.6 is 35.3 Å². The van der Waals surface area contributed by atoms with E-state index >= 15 is 0 Å². The Labute approximate surface area is 168 Å². The topological polar surface area (TPSA) is 53.9 Å². The Bertz CT molecular complexity index is 725. The Balaban J connectivity index is 0.00000225. The average molecular weight is 471 g/mol. The molecule has 0 fully saturated rings. The van der Waals surface area contributed by atoms with Gasteiger partial charge < -0.3 is 19.1 Å². The van der Waals surface area contributed by atoms with Crippen LogP contribution in [-0.2, 0) is 19.5 Å². The lowest BCUT2D eigenvalue weighted by molar-refractivity contribution is 0.398. The molecule has 5 nitrogen and oxygen atoms in total. The van der Waals surface area contributed by atoms with Crippen molar-refractivity contribution in [3.8, 4) is 0 Å². The number of nitrogens with zero attached hydrogens (tertiary/aromatic N) is 2. The van der Waals surface area contributed by atoms with Crippen molar-refractivity contribution in [3.05, 3.63) is 70.7 Å². The number of hydrogen-bond acceptors (Lipinski definition) is 4. The molecule has 0 spiro atoms. The van der Waals surface area contributed by atoms with Crippen molar-refractivity contribution in [2.75, 3.05) is 13.6 Å². The molecule has 0 saturated carbocycles. The maximum atomic E-state index is 5.43.